The summed E-state index contributed by atoms with van der Waals surface area (Å²) in [6, 6.07) is 3.70. The third-order valence-electron chi connectivity index (χ3n) is 3.52. The molecule has 3 rings (SSSR count). The van der Waals surface area contributed by atoms with Crippen LogP contribution in [0.3, 0.4) is 0 Å². The van der Waals surface area contributed by atoms with Crippen LogP contribution in [0.2, 0.25) is 5.15 Å². The molecule has 0 unspecified atom stereocenters. The second-order valence-corrected chi connectivity index (χ2v) is 5.92. The summed E-state index contributed by atoms with van der Waals surface area (Å²) in [6.45, 7) is 0.803. The van der Waals surface area contributed by atoms with E-state index in [1.165, 1.54) is 0 Å². The molecule has 6 nitrogen and oxygen atoms in total. The van der Waals surface area contributed by atoms with Gasteiger partial charge in [0.25, 0.3) is 0 Å². The van der Waals surface area contributed by atoms with Gasteiger partial charge in [-0.2, -0.15) is 5.10 Å². The second-order valence-electron chi connectivity index (χ2n) is 5.24. The SMILES string of the molecule is O=C(CNS)N(CC1CC1)c1cn(-c2cccnc2)nc1Cl. The topological polar surface area (TPSA) is 63.1 Å². The van der Waals surface area contributed by atoms with Crippen LogP contribution < -0.4 is 9.62 Å². The predicted molar refractivity (Wildman–Crippen MR) is 88.4 cm³/mol. The number of carbonyl (C=O) groups excluding carboxylic acids is 1. The highest BCUT2D eigenvalue weighted by atomic mass is 35.5. The van der Waals surface area contributed by atoms with Crippen LogP contribution in [0.25, 0.3) is 5.69 Å². The standard InChI is InChI=1S/C14H16ClN5OS/c15-14-12(9-20(18-14)11-2-1-5-16-6-11)19(8-10-3-4-10)13(21)7-17-22/h1-2,5-6,9-10,17,22H,3-4,7-8H2. The minimum Gasteiger partial charge on any atom is -0.307 e. The van der Waals surface area contributed by atoms with E-state index in [0.29, 0.717) is 23.3 Å². The quantitative estimate of drug-likeness (QED) is 0.792. The molecule has 22 heavy (non-hydrogen) atoms. The van der Waals surface area contributed by atoms with E-state index in [-0.39, 0.29) is 12.5 Å². The molecule has 0 saturated heterocycles. The van der Waals surface area contributed by atoms with Gasteiger partial charge in [-0.25, -0.2) is 4.68 Å². The van der Waals surface area contributed by atoms with Crippen LogP contribution in [0.15, 0.2) is 30.7 Å². The highest BCUT2D eigenvalue weighted by Crippen LogP contribution is 2.34. The summed E-state index contributed by atoms with van der Waals surface area (Å²) in [5.74, 6) is 0.469. The Morgan fingerprint density at radius 3 is 3.00 bits per heavy atom. The lowest BCUT2D eigenvalue weighted by molar-refractivity contribution is -0.117. The fourth-order valence-electron chi connectivity index (χ4n) is 2.20. The minimum absolute atomic E-state index is 0.0745. The second kappa shape index (κ2) is 6.68. The first-order chi connectivity index (χ1) is 10.7. The highest BCUT2D eigenvalue weighted by Gasteiger charge is 2.29. The summed E-state index contributed by atoms with van der Waals surface area (Å²) < 4.78 is 4.22. The Morgan fingerprint density at radius 2 is 2.36 bits per heavy atom. The van der Waals surface area contributed by atoms with Crippen LogP contribution in [0.1, 0.15) is 12.8 Å². The number of aromatic nitrogens is 3. The summed E-state index contributed by atoms with van der Waals surface area (Å²) in [4.78, 5) is 18.1. The van der Waals surface area contributed by atoms with E-state index >= 15 is 0 Å². The molecular weight excluding hydrogens is 322 g/mol. The van der Waals surface area contributed by atoms with Crippen molar-refractivity contribution in [2.75, 3.05) is 18.0 Å². The molecule has 0 bridgehead atoms. The first-order valence-electron chi connectivity index (χ1n) is 7.02. The summed E-state index contributed by atoms with van der Waals surface area (Å²) in [5.41, 5.74) is 1.41. The lowest BCUT2D eigenvalue weighted by Gasteiger charge is -2.21. The molecule has 1 aliphatic carbocycles. The largest absolute Gasteiger partial charge is 0.307 e. The van der Waals surface area contributed by atoms with Crippen molar-refractivity contribution in [1.29, 1.82) is 0 Å². The van der Waals surface area contributed by atoms with Crippen LogP contribution in [-0.4, -0.2) is 33.8 Å². The van der Waals surface area contributed by atoms with E-state index in [0.717, 1.165) is 18.5 Å². The van der Waals surface area contributed by atoms with Gasteiger partial charge in [0.1, 0.15) is 5.69 Å². The van der Waals surface area contributed by atoms with Gasteiger partial charge in [0.2, 0.25) is 5.91 Å². The Bertz CT molecular complexity index is 659. The first kappa shape index (κ1) is 15.3. The number of amides is 1. The number of nitrogens with one attached hydrogen (secondary N) is 1. The maximum Gasteiger partial charge on any atom is 0.241 e. The Balaban J connectivity index is 1.90. The van der Waals surface area contributed by atoms with Crippen LogP contribution in [-0.2, 0) is 4.79 Å². The Hall–Kier alpha value is -1.57. The molecule has 0 atom stereocenters. The van der Waals surface area contributed by atoms with Gasteiger partial charge in [-0.15, -0.1) is 0 Å². The molecule has 1 aliphatic rings. The molecule has 1 N–H and O–H groups in total. The molecule has 2 aromatic rings. The normalized spacial score (nSPS) is 14.1. The minimum atomic E-state index is -0.0745. The van der Waals surface area contributed by atoms with Crippen molar-refractivity contribution in [2.45, 2.75) is 12.8 Å². The maximum atomic E-state index is 12.3. The number of carbonyl (C=O) groups is 1. The van der Waals surface area contributed by atoms with E-state index in [1.54, 1.807) is 28.2 Å². The third kappa shape index (κ3) is 3.43. The van der Waals surface area contributed by atoms with Gasteiger partial charge in [0.05, 0.1) is 24.6 Å². The van der Waals surface area contributed by atoms with Crippen LogP contribution in [0.5, 0.6) is 0 Å². The zero-order chi connectivity index (χ0) is 15.5. The number of nitrogens with zero attached hydrogens (tertiary/aromatic N) is 4. The Morgan fingerprint density at radius 1 is 1.55 bits per heavy atom. The summed E-state index contributed by atoms with van der Waals surface area (Å²) in [7, 11) is 0. The number of thiol groups is 1. The van der Waals surface area contributed by atoms with Crippen LogP contribution in [0, 0.1) is 5.92 Å². The molecule has 1 amide bonds. The lowest BCUT2D eigenvalue weighted by atomic mass is 10.3. The zero-order valence-electron chi connectivity index (χ0n) is 11.8. The molecule has 1 saturated carbocycles. The smallest absolute Gasteiger partial charge is 0.241 e. The lowest BCUT2D eigenvalue weighted by Crippen LogP contribution is -2.37. The monoisotopic (exact) mass is 337 g/mol. The average molecular weight is 338 g/mol. The summed E-state index contributed by atoms with van der Waals surface area (Å²) in [5, 5.41) is 4.58. The van der Waals surface area contributed by atoms with E-state index in [1.807, 2.05) is 12.1 Å². The third-order valence-corrected chi connectivity index (χ3v) is 3.95. The molecular formula is C14H16ClN5OS. The van der Waals surface area contributed by atoms with E-state index < -0.39 is 0 Å². The van der Waals surface area contributed by atoms with Gasteiger partial charge >= 0.3 is 0 Å². The molecule has 0 radical (unpaired) electrons. The molecule has 2 heterocycles. The van der Waals surface area contributed by atoms with Crippen molar-refractivity contribution in [3.05, 3.63) is 35.9 Å². The fraction of sp³-hybridized carbons (Fsp3) is 0.357. The average Bonchev–Trinajstić information content (AvgIpc) is 3.27. The molecule has 1 fully saturated rings. The van der Waals surface area contributed by atoms with E-state index in [9.17, 15) is 4.79 Å². The number of rotatable bonds is 6. The summed E-state index contributed by atoms with van der Waals surface area (Å²) in [6.07, 6.45) is 7.43. The number of hydrogen-bond donors (Lipinski definition) is 2. The highest BCUT2D eigenvalue weighted by molar-refractivity contribution is 7.78. The van der Waals surface area contributed by atoms with Crippen molar-refractivity contribution in [2.24, 2.45) is 5.92 Å². The zero-order valence-corrected chi connectivity index (χ0v) is 13.5. The van der Waals surface area contributed by atoms with Gasteiger partial charge in [0.15, 0.2) is 5.15 Å². The Kier molecular flexibility index (Phi) is 4.66. The number of halogens is 1. The number of pyridine rings is 1. The maximum absolute atomic E-state index is 12.3. The van der Waals surface area contributed by atoms with Crippen LogP contribution >= 0.6 is 24.4 Å². The molecule has 0 spiro atoms. The van der Waals surface area contributed by atoms with Crippen molar-refractivity contribution < 1.29 is 4.79 Å². The number of anilines is 1. The van der Waals surface area contributed by atoms with Gasteiger partial charge in [-0.3, -0.25) is 14.5 Å². The van der Waals surface area contributed by atoms with Crippen molar-refractivity contribution in [3.63, 3.8) is 0 Å². The van der Waals surface area contributed by atoms with Crippen molar-refractivity contribution in [1.82, 2.24) is 19.5 Å². The van der Waals surface area contributed by atoms with Gasteiger partial charge in [-0.1, -0.05) is 24.4 Å². The molecule has 8 heteroatoms. The molecule has 0 aliphatic heterocycles. The Labute approximate surface area is 139 Å². The molecule has 2 aromatic heterocycles. The molecule has 0 aromatic carbocycles. The van der Waals surface area contributed by atoms with Gasteiger partial charge in [-0.05, 0) is 30.9 Å². The predicted octanol–water partition coefficient (Wildman–Crippen LogP) is 2.10. The molecule has 116 valence electrons. The van der Waals surface area contributed by atoms with Gasteiger partial charge < -0.3 is 4.90 Å². The first-order valence-corrected chi connectivity index (χ1v) is 7.84. The van der Waals surface area contributed by atoms with E-state index in [2.05, 4.69) is 27.6 Å². The number of hydrogen-bond acceptors (Lipinski definition) is 5. The summed E-state index contributed by atoms with van der Waals surface area (Å²) >= 11 is 10.2. The van der Waals surface area contributed by atoms with Crippen molar-refractivity contribution in [3.8, 4) is 5.69 Å². The van der Waals surface area contributed by atoms with Crippen LogP contribution in [0.4, 0.5) is 5.69 Å². The van der Waals surface area contributed by atoms with Gasteiger partial charge in [0, 0.05) is 12.7 Å². The van der Waals surface area contributed by atoms with Crippen molar-refractivity contribution >= 4 is 36.0 Å². The fourth-order valence-corrected chi connectivity index (χ4v) is 2.57. The van der Waals surface area contributed by atoms with E-state index in [4.69, 9.17) is 11.6 Å².